The highest BCUT2D eigenvalue weighted by molar-refractivity contribution is 6.02. The first-order valence-corrected chi connectivity index (χ1v) is 10.2. The molecule has 1 aromatic carbocycles. The molecule has 2 N–H and O–H groups in total. The number of hydrogen-bond donors (Lipinski definition) is 1. The Hall–Kier alpha value is -2.70. The van der Waals surface area contributed by atoms with Crippen molar-refractivity contribution in [1.82, 2.24) is 14.5 Å². The highest BCUT2D eigenvalue weighted by Crippen LogP contribution is 2.32. The van der Waals surface area contributed by atoms with Crippen LogP contribution in [0.25, 0.3) is 22.2 Å². The predicted molar refractivity (Wildman–Crippen MR) is 115 cm³/mol. The van der Waals surface area contributed by atoms with Gasteiger partial charge in [-0.2, -0.15) is 0 Å². The van der Waals surface area contributed by atoms with Crippen molar-refractivity contribution < 1.29 is 9.53 Å². The number of hydrogen-bond acceptors (Lipinski definition) is 4. The van der Waals surface area contributed by atoms with Gasteiger partial charge in [-0.05, 0) is 32.4 Å². The second-order valence-corrected chi connectivity index (χ2v) is 7.63. The Balaban J connectivity index is 1.65. The second kappa shape index (κ2) is 8.35. The molecule has 6 nitrogen and oxygen atoms in total. The number of amides is 1. The van der Waals surface area contributed by atoms with Gasteiger partial charge in [0.25, 0.3) is 5.91 Å². The van der Waals surface area contributed by atoms with E-state index < -0.39 is 5.91 Å². The average molecular weight is 393 g/mol. The summed E-state index contributed by atoms with van der Waals surface area (Å²) >= 11 is 0. The number of ether oxygens (including phenoxy) is 1. The van der Waals surface area contributed by atoms with Gasteiger partial charge in [-0.3, -0.25) is 9.69 Å². The molecule has 0 atom stereocenters. The molecule has 1 fully saturated rings. The van der Waals surface area contributed by atoms with E-state index in [4.69, 9.17) is 15.5 Å². The van der Waals surface area contributed by atoms with Crippen molar-refractivity contribution in [2.24, 2.45) is 5.73 Å². The lowest BCUT2D eigenvalue weighted by atomic mass is 10.0. The Morgan fingerprint density at radius 1 is 1.07 bits per heavy atom. The first-order chi connectivity index (χ1) is 14.1. The number of fused-ring (bicyclic) bond motifs is 1. The van der Waals surface area contributed by atoms with E-state index in [1.807, 2.05) is 43.3 Å². The van der Waals surface area contributed by atoms with E-state index >= 15 is 0 Å². The molecule has 0 aliphatic carbocycles. The van der Waals surface area contributed by atoms with Gasteiger partial charge >= 0.3 is 0 Å². The standard InChI is InChI=1S/C23H28N4O2/c1-16-21(20-9-8-18-6-3-4-7-19(18)25-20)22(23(24)28)17(2)27(16)11-5-10-26-12-14-29-15-13-26/h3-4,6-9H,5,10-15H2,1-2H3,(H2,24,28). The molecule has 3 heterocycles. The van der Waals surface area contributed by atoms with Crippen molar-refractivity contribution in [2.45, 2.75) is 26.8 Å². The Morgan fingerprint density at radius 2 is 1.83 bits per heavy atom. The molecular weight excluding hydrogens is 364 g/mol. The van der Waals surface area contributed by atoms with E-state index in [0.29, 0.717) is 5.56 Å². The van der Waals surface area contributed by atoms with E-state index in [1.54, 1.807) is 0 Å². The molecule has 6 heteroatoms. The first-order valence-electron chi connectivity index (χ1n) is 10.2. The van der Waals surface area contributed by atoms with Gasteiger partial charge in [0.2, 0.25) is 0 Å². The van der Waals surface area contributed by atoms with Gasteiger partial charge in [0, 0.05) is 48.5 Å². The molecule has 3 aromatic rings. The molecule has 0 radical (unpaired) electrons. The molecule has 1 saturated heterocycles. The zero-order valence-electron chi connectivity index (χ0n) is 17.1. The van der Waals surface area contributed by atoms with Crippen molar-refractivity contribution in [2.75, 3.05) is 32.8 Å². The minimum Gasteiger partial charge on any atom is -0.379 e. The molecule has 1 aliphatic rings. The smallest absolute Gasteiger partial charge is 0.251 e. The Bertz CT molecular complexity index is 1030. The lowest BCUT2D eigenvalue weighted by molar-refractivity contribution is 0.0369. The monoisotopic (exact) mass is 392 g/mol. The van der Waals surface area contributed by atoms with E-state index in [1.165, 1.54) is 0 Å². The van der Waals surface area contributed by atoms with Crippen LogP contribution in [0, 0.1) is 13.8 Å². The van der Waals surface area contributed by atoms with Crippen molar-refractivity contribution >= 4 is 16.8 Å². The highest BCUT2D eigenvalue weighted by Gasteiger charge is 2.23. The maximum Gasteiger partial charge on any atom is 0.251 e. The molecule has 29 heavy (non-hydrogen) atoms. The molecule has 1 amide bonds. The third-order valence-electron chi connectivity index (χ3n) is 5.84. The Morgan fingerprint density at radius 3 is 2.59 bits per heavy atom. The lowest BCUT2D eigenvalue weighted by Crippen LogP contribution is -2.37. The zero-order chi connectivity index (χ0) is 20.4. The summed E-state index contributed by atoms with van der Waals surface area (Å²) in [6.07, 6.45) is 1.01. The maximum absolute atomic E-state index is 12.3. The zero-order valence-corrected chi connectivity index (χ0v) is 17.1. The number of nitrogens with two attached hydrogens (primary N) is 1. The Labute approximate surface area is 171 Å². The highest BCUT2D eigenvalue weighted by atomic mass is 16.5. The lowest BCUT2D eigenvalue weighted by Gasteiger charge is -2.26. The number of aromatic nitrogens is 2. The van der Waals surface area contributed by atoms with Gasteiger partial charge in [0.05, 0.1) is 30.0 Å². The average Bonchev–Trinajstić information content (AvgIpc) is 2.99. The molecule has 1 aliphatic heterocycles. The Kier molecular flexibility index (Phi) is 5.65. The van der Waals surface area contributed by atoms with Crippen LogP contribution in [0.1, 0.15) is 28.2 Å². The fraction of sp³-hybridized carbons (Fsp3) is 0.391. The molecule has 0 bridgehead atoms. The third kappa shape index (κ3) is 3.91. The molecule has 4 rings (SSSR count). The fourth-order valence-electron chi connectivity index (χ4n) is 4.32. The van der Waals surface area contributed by atoms with Crippen LogP contribution in [0.5, 0.6) is 0 Å². The third-order valence-corrected chi connectivity index (χ3v) is 5.84. The number of para-hydroxylation sites is 1. The number of benzene rings is 1. The van der Waals surface area contributed by atoms with Gasteiger partial charge in [0.15, 0.2) is 0 Å². The largest absolute Gasteiger partial charge is 0.379 e. The number of morpholine rings is 1. The van der Waals surface area contributed by atoms with Crippen LogP contribution in [0.4, 0.5) is 0 Å². The quantitative estimate of drug-likeness (QED) is 0.699. The van der Waals surface area contributed by atoms with Gasteiger partial charge < -0.3 is 15.0 Å². The van der Waals surface area contributed by atoms with E-state index in [9.17, 15) is 4.79 Å². The van der Waals surface area contributed by atoms with Crippen molar-refractivity contribution in [3.63, 3.8) is 0 Å². The summed E-state index contributed by atoms with van der Waals surface area (Å²) in [5.41, 5.74) is 10.9. The van der Waals surface area contributed by atoms with Crippen LogP contribution < -0.4 is 5.73 Å². The van der Waals surface area contributed by atoms with Gasteiger partial charge in [-0.15, -0.1) is 0 Å². The van der Waals surface area contributed by atoms with Crippen LogP contribution in [0.15, 0.2) is 36.4 Å². The normalized spacial score (nSPS) is 15.1. The summed E-state index contributed by atoms with van der Waals surface area (Å²) in [5.74, 6) is -0.400. The van der Waals surface area contributed by atoms with Crippen LogP contribution in [-0.2, 0) is 11.3 Å². The SMILES string of the molecule is Cc1c(C(N)=O)c(-c2ccc3ccccc3n2)c(C)n1CCCN1CCOCC1. The molecule has 2 aromatic heterocycles. The number of pyridine rings is 1. The van der Waals surface area contributed by atoms with Gasteiger partial charge in [-0.1, -0.05) is 24.3 Å². The molecule has 0 unspecified atom stereocenters. The van der Waals surface area contributed by atoms with Crippen molar-refractivity contribution in [1.29, 1.82) is 0 Å². The maximum atomic E-state index is 12.3. The molecular formula is C23H28N4O2. The molecule has 152 valence electrons. The number of rotatable bonds is 6. The van der Waals surface area contributed by atoms with E-state index in [2.05, 4.69) is 16.4 Å². The number of carbonyl (C=O) groups is 1. The van der Waals surface area contributed by atoms with E-state index in [0.717, 1.165) is 79.4 Å². The van der Waals surface area contributed by atoms with Gasteiger partial charge in [-0.25, -0.2) is 4.98 Å². The van der Waals surface area contributed by atoms with Crippen molar-refractivity contribution in [3.8, 4) is 11.3 Å². The summed E-state index contributed by atoms with van der Waals surface area (Å²) in [4.78, 5) is 19.6. The van der Waals surface area contributed by atoms with Crippen LogP contribution in [-0.4, -0.2) is 53.2 Å². The van der Waals surface area contributed by atoms with Gasteiger partial charge in [0.1, 0.15) is 0 Å². The second-order valence-electron chi connectivity index (χ2n) is 7.63. The summed E-state index contributed by atoms with van der Waals surface area (Å²) in [5, 5.41) is 1.08. The predicted octanol–water partition coefficient (Wildman–Crippen LogP) is 3.14. The first kappa shape index (κ1) is 19.6. The summed E-state index contributed by atoms with van der Waals surface area (Å²) < 4.78 is 7.64. The van der Waals surface area contributed by atoms with Crippen LogP contribution in [0.2, 0.25) is 0 Å². The summed E-state index contributed by atoms with van der Waals surface area (Å²) in [6.45, 7) is 9.51. The van der Waals surface area contributed by atoms with E-state index in [-0.39, 0.29) is 0 Å². The number of primary amides is 1. The fourth-order valence-corrected chi connectivity index (χ4v) is 4.32. The summed E-state index contributed by atoms with van der Waals surface area (Å²) in [6, 6.07) is 12.0. The van der Waals surface area contributed by atoms with Crippen molar-refractivity contribution in [3.05, 3.63) is 53.3 Å². The van der Waals surface area contributed by atoms with Crippen LogP contribution >= 0.6 is 0 Å². The van der Waals surface area contributed by atoms with Crippen LogP contribution in [0.3, 0.4) is 0 Å². The summed E-state index contributed by atoms with van der Waals surface area (Å²) in [7, 11) is 0. The molecule has 0 saturated carbocycles. The number of carbonyl (C=O) groups excluding carboxylic acids is 1. The minimum atomic E-state index is -0.400. The molecule has 0 spiro atoms. The topological polar surface area (TPSA) is 73.4 Å². The minimum absolute atomic E-state index is 0.400. The number of nitrogens with zero attached hydrogens (tertiary/aromatic N) is 3.